The van der Waals surface area contributed by atoms with E-state index < -0.39 is 0 Å². The zero-order valence-electron chi connectivity index (χ0n) is 13.6. The highest BCUT2D eigenvalue weighted by molar-refractivity contribution is 6.32. The van der Waals surface area contributed by atoms with Crippen LogP contribution in [0, 0.1) is 0 Å². The first-order valence-electron chi connectivity index (χ1n) is 8.36. The lowest BCUT2D eigenvalue weighted by Gasteiger charge is -2.36. The second-order valence-corrected chi connectivity index (χ2v) is 6.45. The molecule has 1 amide bonds. The molecule has 1 saturated heterocycles. The average molecular weight is 348 g/mol. The van der Waals surface area contributed by atoms with E-state index in [9.17, 15) is 4.79 Å². The van der Waals surface area contributed by atoms with Crippen molar-refractivity contribution in [1.82, 2.24) is 14.5 Å². The van der Waals surface area contributed by atoms with Crippen LogP contribution < -0.4 is 4.74 Å². The number of carbonyl (C=O) groups excluding carboxylic acids is 1. The van der Waals surface area contributed by atoms with Crippen LogP contribution in [0.4, 0.5) is 0 Å². The number of hydrogen-bond acceptors (Lipinski definition) is 3. The average Bonchev–Trinajstić information content (AvgIpc) is 3.13. The number of aromatic nitrogens is 2. The molecule has 0 spiro atoms. The SMILES string of the molecule is O=C(COc1ccccc1Cl)N1CCCC[C@H]1CCn1ccnc1. The van der Waals surface area contributed by atoms with Crippen LogP contribution in [-0.4, -0.2) is 39.6 Å². The van der Waals surface area contributed by atoms with Gasteiger partial charge in [0.2, 0.25) is 0 Å². The van der Waals surface area contributed by atoms with Crippen molar-refractivity contribution in [2.75, 3.05) is 13.2 Å². The second kappa shape index (κ2) is 8.20. The Morgan fingerprint density at radius 3 is 3.00 bits per heavy atom. The summed E-state index contributed by atoms with van der Waals surface area (Å²) in [6.45, 7) is 1.71. The number of piperidine rings is 1. The molecular weight excluding hydrogens is 326 g/mol. The van der Waals surface area contributed by atoms with Crippen molar-refractivity contribution in [1.29, 1.82) is 0 Å². The quantitative estimate of drug-likeness (QED) is 0.804. The van der Waals surface area contributed by atoms with E-state index in [-0.39, 0.29) is 18.6 Å². The van der Waals surface area contributed by atoms with Crippen molar-refractivity contribution < 1.29 is 9.53 Å². The summed E-state index contributed by atoms with van der Waals surface area (Å²) in [5, 5.41) is 0.528. The van der Waals surface area contributed by atoms with Gasteiger partial charge in [-0.15, -0.1) is 0 Å². The summed E-state index contributed by atoms with van der Waals surface area (Å²) in [4.78, 5) is 18.6. The second-order valence-electron chi connectivity index (χ2n) is 6.05. The minimum absolute atomic E-state index is 0.0326. The van der Waals surface area contributed by atoms with Gasteiger partial charge in [0, 0.05) is 31.5 Å². The largest absolute Gasteiger partial charge is 0.482 e. The van der Waals surface area contributed by atoms with Crippen LogP contribution in [0.2, 0.25) is 5.02 Å². The Labute approximate surface area is 147 Å². The summed E-state index contributed by atoms with van der Waals surface area (Å²) in [6.07, 6.45) is 9.76. The Balaban J connectivity index is 1.55. The fourth-order valence-corrected chi connectivity index (χ4v) is 3.32. The summed E-state index contributed by atoms with van der Waals surface area (Å²) >= 11 is 6.07. The number of imidazole rings is 1. The van der Waals surface area contributed by atoms with E-state index in [1.165, 1.54) is 6.42 Å². The Hall–Kier alpha value is -2.01. The molecule has 0 N–H and O–H groups in total. The molecule has 1 aliphatic rings. The van der Waals surface area contributed by atoms with E-state index in [0.29, 0.717) is 10.8 Å². The molecule has 0 saturated carbocycles. The van der Waals surface area contributed by atoms with Crippen LogP contribution >= 0.6 is 11.6 Å². The predicted molar refractivity (Wildman–Crippen MR) is 93.1 cm³/mol. The molecular formula is C18H22ClN3O2. The summed E-state index contributed by atoms with van der Waals surface area (Å²) in [5.74, 6) is 0.588. The first kappa shape index (κ1) is 16.8. The molecule has 3 rings (SSSR count). The topological polar surface area (TPSA) is 47.4 Å². The molecule has 0 aliphatic carbocycles. The third kappa shape index (κ3) is 4.29. The van der Waals surface area contributed by atoms with E-state index in [0.717, 1.165) is 32.4 Å². The lowest BCUT2D eigenvalue weighted by molar-refractivity contribution is -0.137. The monoisotopic (exact) mass is 347 g/mol. The fourth-order valence-electron chi connectivity index (χ4n) is 3.13. The zero-order valence-corrected chi connectivity index (χ0v) is 14.4. The summed E-state index contributed by atoms with van der Waals surface area (Å²) in [7, 11) is 0. The van der Waals surface area contributed by atoms with Gasteiger partial charge in [-0.25, -0.2) is 4.98 Å². The molecule has 1 aromatic heterocycles. The molecule has 1 atom stereocenters. The molecule has 2 aromatic rings. The van der Waals surface area contributed by atoms with E-state index in [1.807, 2.05) is 29.6 Å². The maximum Gasteiger partial charge on any atom is 0.260 e. The maximum absolute atomic E-state index is 12.6. The number of amides is 1. The predicted octanol–water partition coefficient (Wildman–Crippen LogP) is 3.39. The minimum atomic E-state index is 0.0326. The number of rotatable bonds is 6. The Morgan fingerprint density at radius 2 is 2.21 bits per heavy atom. The molecule has 5 nitrogen and oxygen atoms in total. The van der Waals surface area contributed by atoms with Crippen LogP contribution in [0.1, 0.15) is 25.7 Å². The van der Waals surface area contributed by atoms with E-state index in [1.54, 1.807) is 18.3 Å². The smallest absolute Gasteiger partial charge is 0.260 e. The van der Waals surface area contributed by atoms with Gasteiger partial charge in [-0.1, -0.05) is 23.7 Å². The van der Waals surface area contributed by atoms with Gasteiger partial charge in [-0.05, 0) is 37.8 Å². The van der Waals surface area contributed by atoms with Gasteiger partial charge in [0.15, 0.2) is 6.61 Å². The van der Waals surface area contributed by atoms with Crippen LogP contribution in [0.5, 0.6) is 5.75 Å². The molecule has 2 heterocycles. The Morgan fingerprint density at radius 1 is 1.33 bits per heavy atom. The van der Waals surface area contributed by atoms with Crippen molar-refractivity contribution >= 4 is 17.5 Å². The number of para-hydroxylation sites is 1. The molecule has 0 radical (unpaired) electrons. The Kier molecular flexibility index (Phi) is 5.75. The maximum atomic E-state index is 12.6. The minimum Gasteiger partial charge on any atom is -0.482 e. The molecule has 1 aromatic carbocycles. The summed E-state index contributed by atoms with van der Waals surface area (Å²) < 4.78 is 7.67. The number of likely N-dealkylation sites (tertiary alicyclic amines) is 1. The van der Waals surface area contributed by atoms with Gasteiger partial charge in [-0.3, -0.25) is 4.79 Å². The number of aryl methyl sites for hydroxylation is 1. The van der Waals surface area contributed by atoms with E-state index in [4.69, 9.17) is 16.3 Å². The van der Waals surface area contributed by atoms with Crippen molar-refractivity contribution in [3.8, 4) is 5.75 Å². The van der Waals surface area contributed by atoms with Crippen molar-refractivity contribution in [3.05, 3.63) is 48.0 Å². The van der Waals surface area contributed by atoms with Crippen molar-refractivity contribution in [3.63, 3.8) is 0 Å². The summed E-state index contributed by atoms with van der Waals surface area (Å²) in [5.41, 5.74) is 0. The van der Waals surface area contributed by atoms with E-state index >= 15 is 0 Å². The van der Waals surface area contributed by atoms with Crippen LogP contribution in [0.15, 0.2) is 43.0 Å². The number of halogens is 1. The van der Waals surface area contributed by atoms with Crippen molar-refractivity contribution in [2.24, 2.45) is 0 Å². The molecule has 6 heteroatoms. The molecule has 24 heavy (non-hydrogen) atoms. The van der Waals surface area contributed by atoms with Gasteiger partial charge in [0.1, 0.15) is 5.75 Å². The van der Waals surface area contributed by atoms with Crippen molar-refractivity contribution in [2.45, 2.75) is 38.3 Å². The van der Waals surface area contributed by atoms with Gasteiger partial charge in [0.05, 0.1) is 11.3 Å². The first-order valence-corrected chi connectivity index (χ1v) is 8.74. The van der Waals surface area contributed by atoms with Gasteiger partial charge in [0.25, 0.3) is 5.91 Å². The highest BCUT2D eigenvalue weighted by Crippen LogP contribution is 2.24. The highest BCUT2D eigenvalue weighted by atomic mass is 35.5. The van der Waals surface area contributed by atoms with E-state index in [2.05, 4.69) is 9.55 Å². The molecule has 1 fully saturated rings. The normalized spacial score (nSPS) is 17.7. The highest BCUT2D eigenvalue weighted by Gasteiger charge is 2.26. The fraction of sp³-hybridized carbons (Fsp3) is 0.444. The van der Waals surface area contributed by atoms with Gasteiger partial charge < -0.3 is 14.2 Å². The van der Waals surface area contributed by atoms with Gasteiger partial charge in [-0.2, -0.15) is 0 Å². The Bertz CT molecular complexity index is 660. The number of carbonyl (C=O) groups is 1. The number of hydrogen-bond donors (Lipinski definition) is 0. The molecule has 0 unspecified atom stereocenters. The summed E-state index contributed by atoms with van der Waals surface area (Å²) in [6, 6.07) is 7.50. The number of benzene rings is 1. The third-order valence-corrected chi connectivity index (χ3v) is 4.73. The molecule has 128 valence electrons. The third-order valence-electron chi connectivity index (χ3n) is 4.41. The lowest BCUT2D eigenvalue weighted by atomic mass is 9.99. The first-order chi connectivity index (χ1) is 11.7. The van der Waals surface area contributed by atoms with Crippen LogP contribution in [0.3, 0.4) is 0 Å². The lowest BCUT2D eigenvalue weighted by Crippen LogP contribution is -2.46. The van der Waals surface area contributed by atoms with Crippen LogP contribution in [-0.2, 0) is 11.3 Å². The number of ether oxygens (including phenoxy) is 1. The molecule has 1 aliphatic heterocycles. The number of nitrogens with zero attached hydrogens (tertiary/aromatic N) is 3. The zero-order chi connectivity index (χ0) is 16.8. The molecule has 0 bridgehead atoms. The van der Waals surface area contributed by atoms with Gasteiger partial charge >= 0.3 is 0 Å². The standard InChI is InChI=1S/C18H22ClN3O2/c19-16-6-1-2-7-17(16)24-13-18(23)22-10-4-3-5-15(22)8-11-21-12-9-20-14-21/h1-2,6-7,9,12,14-15H,3-5,8,10-11,13H2/t15-/m0/s1. The van der Waals surface area contributed by atoms with Crippen LogP contribution in [0.25, 0.3) is 0 Å².